The van der Waals surface area contributed by atoms with Crippen molar-refractivity contribution in [3.8, 4) is 0 Å². The van der Waals surface area contributed by atoms with Crippen molar-refractivity contribution in [2.75, 3.05) is 26.2 Å². The van der Waals surface area contributed by atoms with Crippen molar-refractivity contribution >= 4 is 24.2 Å². The second-order valence-corrected chi connectivity index (χ2v) is 7.88. The SMILES string of the molecule is Cl.O=C(NCC1CCCN(C(=O)C2CCCCCC2)C1)C1CCCN1. The summed E-state index contributed by atoms with van der Waals surface area (Å²) in [6.07, 6.45) is 11.4. The van der Waals surface area contributed by atoms with Crippen molar-refractivity contribution in [1.29, 1.82) is 0 Å². The number of carbonyl (C=O) groups excluding carboxylic acids is 2. The Morgan fingerprint density at radius 1 is 0.960 bits per heavy atom. The Labute approximate surface area is 158 Å². The first-order valence-corrected chi connectivity index (χ1v) is 10.0. The van der Waals surface area contributed by atoms with Crippen LogP contribution in [0, 0.1) is 11.8 Å². The summed E-state index contributed by atoms with van der Waals surface area (Å²) in [6.45, 7) is 3.40. The first-order chi connectivity index (χ1) is 11.7. The number of amides is 2. The van der Waals surface area contributed by atoms with Gasteiger partial charge in [0, 0.05) is 25.6 Å². The van der Waals surface area contributed by atoms with Crippen LogP contribution in [-0.2, 0) is 9.59 Å². The summed E-state index contributed by atoms with van der Waals surface area (Å²) < 4.78 is 0. The standard InChI is InChI=1S/C19H33N3O2.ClH/c23-18(17-10-5-11-20-17)21-13-15-7-6-12-22(14-15)19(24)16-8-3-1-2-4-9-16;/h15-17,20H,1-14H2,(H,21,23);1H. The number of likely N-dealkylation sites (tertiary alicyclic amines) is 1. The van der Waals surface area contributed by atoms with Gasteiger partial charge in [-0.25, -0.2) is 0 Å². The van der Waals surface area contributed by atoms with Crippen LogP contribution < -0.4 is 10.6 Å². The van der Waals surface area contributed by atoms with Crippen molar-refractivity contribution < 1.29 is 9.59 Å². The average Bonchev–Trinajstić information content (AvgIpc) is 3.02. The molecule has 0 bridgehead atoms. The van der Waals surface area contributed by atoms with Crippen LogP contribution in [0.2, 0.25) is 0 Å². The number of nitrogens with one attached hydrogen (secondary N) is 2. The molecule has 2 heterocycles. The van der Waals surface area contributed by atoms with Crippen LogP contribution in [-0.4, -0.2) is 48.9 Å². The van der Waals surface area contributed by atoms with Gasteiger partial charge in [0.25, 0.3) is 0 Å². The van der Waals surface area contributed by atoms with Crippen molar-refractivity contribution in [3.05, 3.63) is 0 Å². The summed E-state index contributed by atoms with van der Waals surface area (Å²) in [5, 5.41) is 6.35. The smallest absolute Gasteiger partial charge is 0.237 e. The quantitative estimate of drug-likeness (QED) is 0.746. The zero-order valence-electron chi connectivity index (χ0n) is 15.3. The molecule has 2 saturated heterocycles. The second-order valence-electron chi connectivity index (χ2n) is 7.88. The fourth-order valence-corrected chi connectivity index (χ4v) is 4.49. The maximum atomic E-state index is 12.8. The first-order valence-electron chi connectivity index (χ1n) is 10.0. The summed E-state index contributed by atoms with van der Waals surface area (Å²) in [7, 11) is 0. The molecule has 144 valence electrons. The Balaban J connectivity index is 0.00000225. The lowest BCUT2D eigenvalue weighted by Gasteiger charge is -2.35. The molecule has 2 amide bonds. The zero-order chi connectivity index (χ0) is 16.8. The van der Waals surface area contributed by atoms with Crippen LogP contribution in [0.1, 0.15) is 64.2 Å². The zero-order valence-corrected chi connectivity index (χ0v) is 16.1. The highest BCUT2D eigenvalue weighted by atomic mass is 35.5. The lowest BCUT2D eigenvalue weighted by molar-refractivity contribution is -0.137. The largest absolute Gasteiger partial charge is 0.354 e. The molecule has 0 aromatic heterocycles. The fraction of sp³-hybridized carbons (Fsp3) is 0.895. The molecule has 3 aliphatic rings. The van der Waals surface area contributed by atoms with E-state index in [1.165, 1.54) is 25.7 Å². The highest BCUT2D eigenvalue weighted by Gasteiger charge is 2.30. The molecule has 3 fully saturated rings. The van der Waals surface area contributed by atoms with Gasteiger partial charge in [0.1, 0.15) is 0 Å². The van der Waals surface area contributed by atoms with E-state index in [1.54, 1.807) is 0 Å². The number of piperidine rings is 1. The van der Waals surface area contributed by atoms with Crippen LogP contribution in [0.3, 0.4) is 0 Å². The highest BCUT2D eigenvalue weighted by molar-refractivity contribution is 5.85. The van der Waals surface area contributed by atoms with Crippen LogP contribution in [0.15, 0.2) is 0 Å². The van der Waals surface area contributed by atoms with Gasteiger partial charge in [0.05, 0.1) is 6.04 Å². The number of rotatable bonds is 4. The Hall–Kier alpha value is -0.810. The van der Waals surface area contributed by atoms with Gasteiger partial charge in [-0.05, 0) is 51.0 Å². The molecule has 0 radical (unpaired) electrons. The summed E-state index contributed by atoms with van der Waals surface area (Å²) >= 11 is 0. The molecule has 0 aromatic rings. The molecule has 2 atom stereocenters. The molecule has 1 aliphatic carbocycles. The van der Waals surface area contributed by atoms with Crippen molar-refractivity contribution in [1.82, 2.24) is 15.5 Å². The molecule has 6 heteroatoms. The minimum atomic E-state index is -0.00249. The van der Waals surface area contributed by atoms with Gasteiger partial charge in [-0.15, -0.1) is 12.4 Å². The number of halogens is 1. The molecular formula is C19H34ClN3O2. The molecule has 5 nitrogen and oxygen atoms in total. The van der Waals surface area contributed by atoms with Crippen LogP contribution in [0.4, 0.5) is 0 Å². The minimum absolute atomic E-state index is 0. The Kier molecular flexibility index (Phi) is 8.50. The van der Waals surface area contributed by atoms with Crippen LogP contribution in [0.5, 0.6) is 0 Å². The normalized spacial score (nSPS) is 28.1. The monoisotopic (exact) mass is 371 g/mol. The van der Waals surface area contributed by atoms with E-state index in [4.69, 9.17) is 0 Å². The summed E-state index contributed by atoms with van der Waals surface area (Å²) in [4.78, 5) is 27.0. The van der Waals surface area contributed by atoms with Crippen molar-refractivity contribution in [2.45, 2.75) is 70.3 Å². The van der Waals surface area contributed by atoms with Crippen LogP contribution in [0.25, 0.3) is 0 Å². The lowest BCUT2D eigenvalue weighted by Crippen LogP contribution is -2.47. The number of hydrogen-bond acceptors (Lipinski definition) is 3. The van der Waals surface area contributed by atoms with Gasteiger partial charge in [-0.2, -0.15) is 0 Å². The molecule has 3 rings (SSSR count). The molecule has 2 aliphatic heterocycles. The Bertz CT molecular complexity index is 432. The van der Waals surface area contributed by atoms with Gasteiger partial charge >= 0.3 is 0 Å². The van der Waals surface area contributed by atoms with E-state index in [1.807, 2.05) is 0 Å². The molecule has 25 heavy (non-hydrogen) atoms. The summed E-state index contributed by atoms with van der Waals surface area (Å²) in [5.41, 5.74) is 0. The van der Waals surface area contributed by atoms with E-state index in [0.29, 0.717) is 18.4 Å². The number of carbonyl (C=O) groups is 2. The molecule has 0 aromatic carbocycles. The number of nitrogens with zero attached hydrogens (tertiary/aromatic N) is 1. The van der Waals surface area contributed by atoms with E-state index < -0.39 is 0 Å². The van der Waals surface area contributed by atoms with Gasteiger partial charge in [-0.1, -0.05) is 25.7 Å². The predicted octanol–water partition coefficient (Wildman–Crippen LogP) is 2.49. The molecule has 2 N–H and O–H groups in total. The fourth-order valence-electron chi connectivity index (χ4n) is 4.49. The van der Waals surface area contributed by atoms with Crippen molar-refractivity contribution in [2.24, 2.45) is 11.8 Å². The lowest BCUT2D eigenvalue weighted by atomic mass is 9.93. The number of hydrogen-bond donors (Lipinski definition) is 2. The maximum absolute atomic E-state index is 12.8. The van der Waals surface area contributed by atoms with Gasteiger partial charge in [0.15, 0.2) is 0 Å². The molecule has 1 saturated carbocycles. The van der Waals surface area contributed by atoms with E-state index >= 15 is 0 Å². The third-order valence-corrected chi connectivity index (χ3v) is 5.98. The molecule has 0 spiro atoms. The highest BCUT2D eigenvalue weighted by Crippen LogP contribution is 2.26. The predicted molar refractivity (Wildman–Crippen MR) is 102 cm³/mol. The average molecular weight is 372 g/mol. The minimum Gasteiger partial charge on any atom is -0.354 e. The Morgan fingerprint density at radius 2 is 1.72 bits per heavy atom. The van der Waals surface area contributed by atoms with E-state index in [2.05, 4.69) is 15.5 Å². The van der Waals surface area contributed by atoms with Gasteiger partial charge < -0.3 is 15.5 Å². The molecular weight excluding hydrogens is 338 g/mol. The van der Waals surface area contributed by atoms with E-state index in [-0.39, 0.29) is 30.3 Å². The third-order valence-electron chi connectivity index (χ3n) is 5.98. The maximum Gasteiger partial charge on any atom is 0.237 e. The van der Waals surface area contributed by atoms with E-state index in [0.717, 1.165) is 58.2 Å². The first kappa shape index (κ1) is 20.5. The van der Waals surface area contributed by atoms with Crippen LogP contribution >= 0.6 is 12.4 Å². The topological polar surface area (TPSA) is 61.4 Å². The van der Waals surface area contributed by atoms with Crippen molar-refractivity contribution in [3.63, 3.8) is 0 Å². The van der Waals surface area contributed by atoms with Gasteiger partial charge in [-0.3, -0.25) is 9.59 Å². The third kappa shape index (κ3) is 5.85. The molecule has 2 unspecified atom stereocenters. The summed E-state index contributed by atoms with van der Waals surface area (Å²) in [6, 6.07) is -0.00249. The van der Waals surface area contributed by atoms with Gasteiger partial charge in [0.2, 0.25) is 11.8 Å². The summed E-state index contributed by atoms with van der Waals surface area (Å²) in [5.74, 6) is 1.19. The van der Waals surface area contributed by atoms with E-state index in [9.17, 15) is 9.59 Å². The second kappa shape index (κ2) is 10.4. The Morgan fingerprint density at radius 3 is 2.40 bits per heavy atom.